The van der Waals surface area contributed by atoms with E-state index in [-0.39, 0.29) is 60.4 Å². The van der Waals surface area contributed by atoms with E-state index in [2.05, 4.69) is 54.4 Å². The molecule has 3 aliphatic rings. The van der Waals surface area contributed by atoms with Crippen LogP contribution in [0.15, 0.2) is 90.3 Å². The molecule has 0 spiro atoms. The fourth-order valence-corrected chi connectivity index (χ4v) is 9.14. The summed E-state index contributed by atoms with van der Waals surface area (Å²) in [6.07, 6.45) is 10.8. The molecule has 54 heavy (non-hydrogen) atoms. The number of carbonyl (C=O) groups is 2. The maximum atomic E-state index is 14.3. The van der Waals surface area contributed by atoms with Crippen LogP contribution in [0.5, 0.6) is 11.5 Å². The molecule has 2 aliphatic carbocycles. The van der Waals surface area contributed by atoms with Crippen molar-refractivity contribution in [3.63, 3.8) is 0 Å². The van der Waals surface area contributed by atoms with Crippen molar-refractivity contribution in [2.45, 2.75) is 83.5 Å². The van der Waals surface area contributed by atoms with Gasteiger partial charge in [0.25, 0.3) is 0 Å². The van der Waals surface area contributed by atoms with Crippen LogP contribution < -0.4 is 15.8 Å². The second-order valence-electron chi connectivity index (χ2n) is 15.5. The van der Waals surface area contributed by atoms with Crippen molar-refractivity contribution in [2.75, 3.05) is 20.3 Å². The number of aromatic hydroxyl groups is 1. The minimum atomic E-state index is -0.415. The Balaban J connectivity index is 1.50. The van der Waals surface area contributed by atoms with Gasteiger partial charge in [-0.05, 0) is 109 Å². The number of fused-ring (bicyclic) bond motifs is 2. The number of phenolic OH excluding ortho intramolecular Hbond substituents is 1. The Morgan fingerprint density at radius 2 is 1.74 bits per heavy atom. The Bertz CT molecular complexity index is 1890. The minimum absolute atomic E-state index is 0.0349. The van der Waals surface area contributed by atoms with E-state index in [0.717, 1.165) is 53.5 Å². The summed E-state index contributed by atoms with van der Waals surface area (Å²) in [6, 6.07) is 22.3. The number of aliphatic hydroxyl groups excluding tert-OH is 1. The van der Waals surface area contributed by atoms with Gasteiger partial charge in [0.15, 0.2) is 11.5 Å². The fraction of sp³-hybridized carbons (Fsp3) is 0.447. The van der Waals surface area contributed by atoms with Gasteiger partial charge in [-0.2, -0.15) is 0 Å². The van der Waals surface area contributed by atoms with Crippen LogP contribution in [0.3, 0.4) is 0 Å². The summed E-state index contributed by atoms with van der Waals surface area (Å²) in [5, 5.41) is 25.6. The highest BCUT2D eigenvalue weighted by atomic mass is 16.5. The van der Waals surface area contributed by atoms with Crippen LogP contribution in [0.1, 0.15) is 92.0 Å². The van der Waals surface area contributed by atoms with E-state index < -0.39 is 11.8 Å². The number of allylic oxidation sites excluding steroid dienone is 2. The molecular weight excluding hydrogens is 673 g/mol. The topological polar surface area (TPSA) is 122 Å². The number of benzene rings is 3. The number of rotatable bonds is 11. The van der Waals surface area contributed by atoms with Crippen molar-refractivity contribution in [2.24, 2.45) is 35.3 Å². The van der Waals surface area contributed by atoms with E-state index in [4.69, 9.17) is 10.5 Å². The minimum Gasteiger partial charge on any atom is -0.504 e. The SMILES string of the molecule is CCC[C@H](CO)[C@H]1C[C@H](CC2=CCNC(N)=C2)C[C@H]2C#C[C@H](c3ccccc3)c3c(cc(OC)c(O)c3CCc3ccccc3)CCC(=O)CC(=O)[C@@H]2C1. The van der Waals surface area contributed by atoms with Gasteiger partial charge in [0.2, 0.25) is 0 Å². The first-order chi connectivity index (χ1) is 26.3. The summed E-state index contributed by atoms with van der Waals surface area (Å²) < 4.78 is 5.72. The van der Waals surface area contributed by atoms with Crippen LogP contribution in [0.4, 0.5) is 0 Å². The van der Waals surface area contributed by atoms with E-state index >= 15 is 0 Å². The third-order valence-electron chi connectivity index (χ3n) is 11.9. The molecule has 1 aliphatic heterocycles. The molecule has 6 atom stereocenters. The Labute approximate surface area is 321 Å². The number of aryl methyl sites for hydroxylation is 2. The summed E-state index contributed by atoms with van der Waals surface area (Å²) in [7, 11) is 1.55. The van der Waals surface area contributed by atoms with Crippen LogP contribution in [0.2, 0.25) is 0 Å². The van der Waals surface area contributed by atoms with Crippen LogP contribution in [0.25, 0.3) is 0 Å². The standard InChI is InChI=1S/C47H56N2O5/c1-3-10-37(30-50)38-25-33(23-32-21-22-49-45(48)26-32)24-35-17-20-40(34-13-8-5-9-14-34)46-36(16-18-39(51)29-43(52)42(35)27-38)28-44(54-2)47(53)41(46)19-15-31-11-6-4-7-12-31/h4-9,11-14,21,26,28,33,35,37-38,40,42,49-50,53H,3,10,15-16,18-19,22-25,27,29-30,48H2,1-2H3/t33-,35-,37-,38+,40-,42-/m1/s1. The molecule has 284 valence electrons. The molecule has 5 N–H and O–H groups in total. The number of ketones is 2. The monoisotopic (exact) mass is 728 g/mol. The number of hydrogen-bond donors (Lipinski definition) is 4. The summed E-state index contributed by atoms with van der Waals surface area (Å²) >= 11 is 0. The lowest BCUT2D eigenvalue weighted by molar-refractivity contribution is -0.130. The molecule has 0 radical (unpaired) electrons. The molecule has 0 aromatic heterocycles. The summed E-state index contributed by atoms with van der Waals surface area (Å²) in [4.78, 5) is 28.1. The second kappa shape index (κ2) is 18.5. The molecular formula is C47H56N2O5. The summed E-state index contributed by atoms with van der Waals surface area (Å²) in [6.45, 7) is 2.89. The van der Waals surface area contributed by atoms with Crippen molar-refractivity contribution in [1.29, 1.82) is 0 Å². The van der Waals surface area contributed by atoms with Gasteiger partial charge in [0, 0.05) is 37.0 Å². The van der Waals surface area contributed by atoms with Crippen molar-refractivity contribution in [3.8, 4) is 23.3 Å². The maximum absolute atomic E-state index is 14.3. The number of aliphatic hydroxyl groups is 1. The highest BCUT2D eigenvalue weighted by molar-refractivity contribution is 6.00. The molecule has 3 aromatic rings. The van der Waals surface area contributed by atoms with E-state index in [9.17, 15) is 19.8 Å². The Morgan fingerprint density at radius 3 is 2.44 bits per heavy atom. The first kappa shape index (κ1) is 38.9. The second-order valence-corrected chi connectivity index (χ2v) is 15.5. The van der Waals surface area contributed by atoms with Gasteiger partial charge in [0.05, 0.1) is 25.3 Å². The van der Waals surface area contributed by atoms with E-state index in [1.165, 1.54) is 5.57 Å². The zero-order valence-electron chi connectivity index (χ0n) is 31.9. The summed E-state index contributed by atoms with van der Waals surface area (Å²) in [5.74, 6) is 7.79. The van der Waals surface area contributed by atoms with Gasteiger partial charge < -0.3 is 26.0 Å². The third kappa shape index (κ3) is 9.46. The molecule has 0 saturated heterocycles. The van der Waals surface area contributed by atoms with Gasteiger partial charge in [-0.1, -0.05) is 91.9 Å². The lowest BCUT2D eigenvalue weighted by Gasteiger charge is -2.29. The zero-order chi connectivity index (χ0) is 38.0. The average Bonchev–Trinajstić information content (AvgIpc) is 3.36. The molecule has 3 aromatic carbocycles. The van der Waals surface area contributed by atoms with Crippen molar-refractivity contribution in [1.82, 2.24) is 5.32 Å². The Kier molecular flexibility index (Phi) is 13.3. The van der Waals surface area contributed by atoms with Gasteiger partial charge in [0.1, 0.15) is 11.6 Å². The number of Topliss-reactive ketones (excluding diaryl/α,β-unsaturated/α-hetero) is 2. The van der Waals surface area contributed by atoms with Crippen LogP contribution in [-0.2, 0) is 28.9 Å². The van der Waals surface area contributed by atoms with Crippen LogP contribution >= 0.6 is 0 Å². The molecule has 1 fully saturated rings. The highest BCUT2D eigenvalue weighted by Crippen LogP contribution is 2.45. The van der Waals surface area contributed by atoms with E-state index in [1.807, 2.05) is 48.5 Å². The number of hydrogen-bond acceptors (Lipinski definition) is 7. The summed E-state index contributed by atoms with van der Waals surface area (Å²) in [5.41, 5.74) is 12.1. The lowest BCUT2D eigenvalue weighted by atomic mass is 9.75. The zero-order valence-corrected chi connectivity index (χ0v) is 31.9. The number of ether oxygens (including phenoxy) is 1. The molecule has 0 unspecified atom stereocenters. The maximum Gasteiger partial charge on any atom is 0.161 e. The predicted octanol–water partition coefficient (Wildman–Crippen LogP) is 7.57. The predicted molar refractivity (Wildman–Crippen MR) is 214 cm³/mol. The third-order valence-corrected chi connectivity index (χ3v) is 11.9. The van der Waals surface area contributed by atoms with Gasteiger partial charge in [-0.3, -0.25) is 9.59 Å². The fourth-order valence-electron chi connectivity index (χ4n) is 9.14. The van der Waals surface area contributed by atoms with Crippen LogP contribution in [0, 0.1) is 41.4 Å². The quantitative estimate of drug-likeness (QED) is 0.119. The molecule has 1 saturated carbocycles. The van der Waals surface area contributed by atoms with E-state index in [0.29, 0.717) is 50.2 Å². The normalized spacial score (nSPS) is 23.7. The Morgan fingerprint density at radius 1 is 0.981 bits per heavy atom. The molecule has 0 amide bonds. The first-order valence-corrected chi connectivity index (χ1v) is 19.8. The number of nitrogens with one attached hydrogen (secondary N) is 1. The van der Waals surface area contributed by atoms with Crippen LogP contribution in [-0.4, -0.2) is 42.0 Å². The number of methoxy groups -OCH3 is 1. The number of carbonyl (C=O) groups excluding carboxylic acids is 2. The molecule has 7 nitrogen and oxygen atoms in total. The molecule has 0 bridgehead atoms. The number of nitrogens with two attached hydrogens (primary N) is 1. The lowest BCUT2D eigenvalue weighted by Crippen LogP contribution is -2.29. The molecule has 7 heteroatoms. The Hall–Kier alpha value is -4.80. The number of phenols is 1. The highest BCUT2D eigenvalue weighted by Gasteiger charge is 2.39. The molecule has 6 rings (SSSR count). The van der Waals surface area contributed by atoms with Gasteiger partial charge >= 0.3 is 0 Å². The van der Waals surface area contributed by atoms with Gasteiger partial charge in [-0.25, -0.2) is 0 Å². The van der Waals surface area contributed by atoms with Crippen molar-refractivity contribution in [3.05, 3.63) is 118 Å². The van der Waals surface area contributed by atoms with Crippen molar-refractivity contribution < 1.29 is 24.5 Å². The van der Waals surface area contributed by atoms with Crippen molar-refractivity contribution >= 4 is 11.6 Å². The first-order valence-electron chi connectivity index (χ1n) is 19.8. The largest absolute Gasteiger partial charge is 0.504 e. The smallest absolute Gasteiger partial charge is 0.161 e. The number of dihydropyridines is 1. The molecule has 1 heterocycles. The van der Waals surface area contributed by atoms with Gasteiger partial charge in [-0.15, -0.1) is 0 Å². The van der Waals surface area contributed by atoms with E-state index in [1.54, 1.807) is 7.11 Å². The average molecular weight is 729 g/mol.